The molecule has 4 rings (SSSR count). The predicted octanol–water partition coefficient (Wildman–Crippen LogP) is 5.61. The molecule has 1 aromatic heterocycles. The van der Waals surface area contributed by atoms with Gasteiger partial charge >= 0.3 is 0 Å². The Labute approximate surface area is 169 Å². The summed E-state index contributed by atoms with van der Waals surface area (Å²) in [4.78, 5) is 27.4. The molecule has 0 fully saturated rings. The number of Topliss-reactive ketones (excluding diaryl/α,β-unsaturated/α-hetero) is 1. The largest absolute Gasteiger partial charge is 0.361 e. The SMILES string of the molecule is CCC(=O)c1ccc(-c2ccc(NC(=O)Cc3c[nH]c4ccccc34)cc2)cc1. The summed E-state index contributed by atoms with van der Waals surface area (Å²) in [5, 5.41) is 4.03. The highest BCUT2D eigenvalue weighted by atomic mass is 16.1. The molecule has 0 unspecified atom stereocenters. The van der Waals surface area contributed by atoms with Crippen LogP contribution in [0.1, 0.15) is 29.3 Å². The second-order valence-electron chi connectivity index (χ2n) is 7.02. The van der Waals surface area contributed by atoms with Crippen molar-refractivity contribution in [2.75, 3.05) is 5.32 Å². The Morgan fingerprint density at radius 2 is 1.52 bits per heavy atom. The second-order valence-corrected chi connectivity index (χ2v) is 7.02. The highest BCUT2D eigenvalue weighted by molar-refractivity contribution is 5.97. The summed E-state index contributed by atoms with van der Waals surface area (Å²) in [5.41, 5.74) is 5.58. The van der Waals surface area contributed by atoms with Crippen molar-refractivity contribution in [3.05, 3.63) is 90.1 Å². The number of hydrogen-bond donors (Lipinski definition) is 2. The van der Waals surface area contributed by atoms with Gasteiger partial charge in [-0.25, -0.2) is 0 Å². The fourth-order valence-corrected chi connectivity index (χ4v) is 3.45. The quantitative estimate of drug-likeness (QED) is 0.426. The summed E-state index contributed by atoms with van der Waals surface area (Å²) < 4.78 is 0. The first-order chi connectivity index (χ1) is 14.1. The minimum atomic E-state index is -0.0510. The fraction of sp³-hybridized carbons (Fsp3) is 0.120. The summed E-state index contributed by atoms with van der Waals surface area (Å²) in [6.07, 6.45) is 2.71. The topological polar surface area (TPSA) is 62.0 Å². The molecule has 144 valence electrons. The molecule has 0 spiro atoms. The standard InChI is InChI=1S/C25H22N2O2/c1-2-24(28)19-9-7-17(8-10-19)18-11-13-21(14-12-18)27-25(29)15-20-16-26-23-6-4-3-5-22(20)23/h3-14,16,26H,2,15H2,1H3,(H,27,29). The normalized spacial score (nSPS) is 10.8. The number of rotatable bonds is 6. The van der Waals surface area contributed by atoms with Gasteiger partial charge in [-0.1, -0.05) is 61.5 Å². The number of H-pyrrole nitrogens is 1. The number of aromatic amines is 1. The third kappa shape index (κ3) is 4.11. The van der Waals surface area contributed by atoms with Gasteiger partial charge in [-0.05, 0) is 34.9 Å². The average molecular weight is 382 g/mol. The fourth-order valence-electron chi connectivity index (χ4n) is 3.45. The molecule has 1 heterocycles. The second kappa shape index (κ2) is 8.15. The van der Waals surface area contributed by atoms with Crippen LogP contribution in [0.25, 0.3) is 22.0 Å². The van der Waals surface area contributed by atoms with Gasteiger partial charge in [0.25, 0.3) is 0 Å². The molecule has 0 saturated heterocycles. The summed E-state index contributed by atoms with van der Waals surface area (Å²) in [7, 11) is 0. The van der Waals surface area contributed by atoms with Crippen molar-refractivity contribution in [2.24, 2.45) is 0 Å². The number of hydrogen-bond acceptors (Lipinski definition) is 2. The van der Waals surface area contributed by atoms with Crippen LogP contribution >= 0.6 is 0 Å². The van der Waals surface area contributed by atoms with E-state index in [1.807, 2.05) is 85.9 Å². The van der Waals surface area contributed by atoms with Gasteiger partial charge in [0.2, 0.25) is 5.91 Å². The molecule has 3 aromatic carbocycles. The highest BCUT2D eigenvalue weighted by Crippen LogP contribution is 2.23. The number of fused-ring (bicyclic) bond motifs is 1. The van der Waals surface area contributed by atoms with Gasteiger partial charge in [0.05, 0.1) is 6.42 Å². The predicted molar refractivity (Wildman–Crippen MR) is 117 cm³/mol. The van der Waals surface area contributed by atoms with Crippen molar-refractivity contribution in [3.8, 4) is 11.1 Å². The van der Waals surface area contributed by atoms with Gasteiger partial charge in [0.1, 0.15) is 0 Å². The van der Waals surface area contributed by atoms with Crippen molar-refractivity contribution < 1.29 is 9.59 Å². The number of aromatic nitrogens is 1. The van der Waals surface area contributed by atoms with Gasteiger partial charge in [-0.15, -0.1) is 0 Å². The molecule has 4 nitrogen and oxygen atoms in total. The van der Waals surface area contributed by atoms with Gasteiger partial charge in [0, 0.05) is 34.8 Å². The number of nitrogens with one attached hydrogen (secondary N) is 2. The molecular weight excluding hydrogens is 360 g/mol. The molecule has 29 heavy (non-hydrogen) atoms. The minimum Gasteiger partial charge on any atom is -0.361 e. The Morgan fingerprint density at radius 1 is 0.862 bits per heavy atom. The zero-order valence-electron chi connectivity index (χ0n) is 16.2. The minimum absolute atomic E-state index is 0.0510. The zero-order valence-corrected chi connectivity index (χ0v) is 16.2. The van der Waals surface area contributed by atoms with Crippen molar-refractivity contribution in [1.29, 1.82) is 0 Å². The number of benzene rings is 3. The highest BCUT2D eigenvalue weighted by Gasteiger charge is 2.09. The lowest BCUT2D eigenvalue weighted by atomic mass is 10.0. The van der Waals surface area contributed by atoms with Crippen molar-refractivity contribution >= 4 is 28.3 Å². The number of amides is 1. The van der Waals surface area contributed by atoms with E-state index in [2.05, 4.69) is 10.3 Å². The van der Waals surface area contributed by atoms with E-state index in [0.29, 0.717) is 12.8 Å². The Hall–Kier alpha value is -3.66. The van der Waals surface area contributed by atoms with E-state index in [4.69, 9.17) is 0 Å². The van der Waals surface area contributed by atoms with Crippen LogP contribution in [0.3, 0.4) is 0 Å². The number of carbonyl (C=O) groups is 2. The number of anilines is 1. The van der Waals surface area contributed by atoms with Crippen LogP contribution in [0, 0.1) is 0 Å². The molecule has 0 aliphatic rings. The molecule has 1 amide bonds. The van der Waals surface area contributed by atoms with Gasteiger partial charge in [-0.2, -0.15) is 0 Å². The molecule has 0 atom stereocenters. The zero-order chi connectivity index (χ0) is 20.2. The smallest absolute Gasteiger partial charge is 0.228 e. The van der Waals surface area contributed by atoms with Crippen molar-refractivity contribution in [3.63, 3.8) is 0 Å². The maximum Gasteiger partial charge on any atom is 0.228 e. The van der Waals surface area contributed by atoms with Crippen LogP contribution < -0.4 is 5.32 Å². The first-order valence-electron chi connectivity index (χ1n) is 9.72. The summed E-state index contributed by atoms with van der Waals surface area (Å²) in [5.74, 6) is 0.0924. The number of carbonyl (C=O) groups excluding carboxylic acids is 2. The van der Waals surface area contributed by atoms with Crippen LogP contribution in [0.15, 0.2) is 79.0 Å². The van der Waals surface area contributed by atoms with Crippen molar-refractivity contribution in [1.82, 2.24) is 4.98 Å². The first kappa shape index (κ1) is 18.7. The summed E-state index contributed by atoms with van der Waals surface area (Å²) >= 11 is 0. The third-order valence-corrected chi connectivity index (χ3v) is 5.06. The maximum absolute atomic E-state index is 12.5. The van der Waals surface area contributed by atoms with E-state index in [9.17, 15) is 9.59 Å². The van der Waals surface area contributed by atoms with Gasteiger partial charge < -0.3 is 10.3 Å². The number of ketones is 1. The lowest BCUT2D eigenvalue weighted by molar-refractivity contribution is -0.115. The molecule has 0 saturated carbocycles. The maximum atomic E-state index is 12.5. The number of para-hydroxylation sites is 1. The average Bonchev–Trinajstić information content (AvgIpc) is 3.16. The lowest BCUT2D eigenvalue weighted by Crippen LogP contribution is -2.14. The monoisotopic (exact) mass is 382 g/mol. The molecule has 0 bridgehead atoms. The van der Waals surface area contributed by atoms with E-state index in [0.717, 1.165) is 38.8 Å². The van der Waals surface area contributed by atoms with E-state index >= 15 is 0 Å². The lowest BCUT2D eigenvalue weighted by Gasteiger charge is -2.07. The van der Waals surface area contributed by atoms with E-state index < -0.39 is 0 Å². The van der Waals surface area contributed by atoms with Gasteiger partial charge in [0.15, 0.2) is 5.78 Å². The molecular formula is C25H22N2O2. The Kier molecular flexibility index (Phi) is 5.25. The molecule has 0 radical (unpaired) electrons. The molecule has 4 heteroatoms. The van der Waals surface area contributed by atoms with Crippen LogP contribution in [0.5, 0.6) is 0 Å². The Morgan fingerprint density at radius 3 is 2.21 bits per heavy atom. The van der Waals surface area contributed by atoms with Crippen LogP contribution in [0.2, 0.25) is 0 Å². The van der Waals surface area contributed by atoms with E-state index in [1.165, 1.54) is 0 Å². The summed E-state index contributed by atoms with van der Waals surface area (Å²) in [6, 6.07) is 23.3. The van der Waals surface area contributed by atoms with Crippen LogP contribution in [0.4, 0.5) is 5.69 Å². The first-order valence-corrected chi connectivity index (χ1v) is 9.72. The van der Waals surface area contributed by atoms with Crippen LogP contribution in [-0.4, -0.2) is 16.7 Å². The Bertz CT molecular complexity index is 1160. The summed E-state index contributed by atoms with van der Waals surface area (Å²) in [6.45, 7) is 1.86. The Balaban J connectivity index is 1.42. The van der Waals surface area contributed by atoms with Gasteiger partial charge in [-0.3, -0.25) is 9.59 Å². The van der Waals surface area contributed by atoms with E-state index in [1.54, 1.807) is 0 Å². The molecule has 4 aromatic rings. The molecule has 2 N–H and O–H groups in total. The molecule has 0 aliphatic carbocycles. The van der Waals surface area contributed by atoms with E-state index in [-0.39, 0.29) is 11.7 Å². The van der Waals surface area contributed by atoms with Crippen LogP contribution in [-0.2, 0) is 11.2 Å². The molecule has 0 aliphatic heterocycles. The third-order valence-electron chi connectivity index (χ3n) is 5.06. The van der Waals surface area contributed by atoms with Crippen molar-refractivity contribution in [2.45, 2.75) is 19.8 Å².